The van der Waals surface area contributed by atoms with E-state index >= 15 is 0 Å². The molecule has 1 atom stereocenters. The number of hydrogen-bond donors (Lipinski definition) is 0. The van der Waals surface area contributed by atoms with Gasteiger partial charge in [0.1, 0.15) is 11.4 Å². The summed E-state index contributed by atoms with van der Waals surface area (Å²) in [4.78, 5) is 33.4. The topological polar surface area (TPSA) is 63.4 Å². The van der Waals surface area contributed by atoms with E-state index in [4.69, 9.17) is 4.42 Å². The molecule has 0 aliphatic carbocycles. The minimum atomic E-state index is -0.628. The number of halogens is 1. The first-order valence-electron chi connectivity index (χ1n) is 9.96. The van der Waals surface area contributed by atoms with Crippen LogP contribution in [0.15, 0.2) is 68.3 Å². The Morgan fingerprint density at radius 1 is 0.968 bits per heavy atom. The van der Waals surface area contributed by atoms with E-state index in [1.165, 1.54) is 0 Å². The standard InChI is InChI=1S/C25H19BrN2O3/c1-13-10-18-19(11-14(13)2)31-24-21(23(18)29)22(16-7-5-8-17(26)12-16)28(25(24)30)20-9-4-6-15(3)27-20/h4-12,22H,1-3H3/t22-/m0/s1. The Bertz CT molecular complexity index is 1440. The maximum Gasteiger partial charge on any atom is 0.296 e. The summed E-state index contributed by atoms with van der Waals surface area (Å²) >= 11 is 3.51. The number of aryl methyl sites for hydroxylation is 3. The van der Waals surface area contributed by atoms with Crippen LogP contribution in [0.2, 0.25) is 0 Å². The number of amides is 1. The number of pyridine rings is 1. The van der Waals surface area contributed by atoms with Crippen molar-refractivity contribution in [3.63, 3.8) is 0 Å². The zero-order valence-electron chi connectivity index (χ0n) is 17.3. The number of benzene rings is 2. The summed E-state index contributed by atoms with van der Waals surface area (Å²) in [5.74, 6) is 0.196. The van der Waals surface area contributed by atoms with Gasteiger partial charge in [0.15, 0.2) is 5.43 Å². The SMILES string of the molecule is Cc1cccc(N2C(=O)c3oc4cc(C)c(C)cc4c(=O)c3[C@@H]2c2cccc(Br)c2)n1. The van der Waals surface area contributed by atoms with Crippen molar-refractivity contribution < 1.29 is 9.21 Å². The Morgan fingerprint density at radius 2 is 1.71 bits per heavy atom. The Kier molecular flexibility index (Phi) is 4.55. The molecule has 0 spiro atoms. The van der Waals surface area contributed by atoms with Gasteiger partial charge >= 0.3 is 0 Å². The lowest BCUT2D eigenvalue weighted by atomic mass is 9.97. The van der Waals surface area contributed by atoms with E-state index in [2.05, 4.69) is 20.9 Å². The maximum atomic E-state index is 13.7. The van der Waals surface area contributed by atoms with Crippen LogP contribution in [-0.4, -0.2) is 10.9 Å². The average molecular weight is 475 g/mol. The summed E-state index contributed by atoms with van der Waals surface area (Å²) in [5.41, 5.74) is 4.18. The molecule has 0 unspecified atom stereocenters. The minimum Gasteiger partial charge on any atom is -0.450 e. The third kappa shape index (κ3) is 3.10. The molecule has 1 aliphatic heterocycles. The van der Waals surface area contributed by atoms with Crippen molar-refractivity contribution in [1.82, 2.24) is 4.98 Å². The zero-order chi connectivity index (χ0) is 21.9. The number of nitrogens with zero attached hydrogens (tertiary/aromatic N) is 2. The molecular weight excluding hydrogens is 456 g/mol. The lowest BCUT2D eigenvalue weighted by Gasteiger charge is -2.24. The average Bonchev–Trinajstić information content (AvgIpc) is 3.02. The molecule has 0 fully saturated rings. The molecule has 0 radical (unpaired) electrons. The summed E-state index contributed by atoms with van der Waals surface area (Å²) in [7, 11) is 0. The number of aromatic nitrogens is 1. The van der Waals surface area contributed by atoms with Crippen molar-refractivity contribution in [2.75, 3.05) is 4.90 Å². The number of rotatable bonds is 2. The van der Waals surface area contributed by atoms with Gasteiger partial charge in [-0.15, -0.1) is 0 Å². The van der Waals surface area contributed by atoms with Gasteiger partial charge in [-0.1, -0.05) is 34.1 Å². The van der Waals surface area contributed by atoms with Crippen LogP contribution in [0, 0.1) is 20.8 Å². The molecule has 4 aromatic rings. The Labute approximate surface area is 187 Å². The molecule has 0 saturated heterocycles. The predicted octanol–water partition coefficient (Wildman–Crippen LogP) is 5.63. The van der Waals surface area contributed by atoms with Gasteiger partial charge in [0.05, 0.1) is 17.0 Å². The number of anilines is 1. The molecule has 2 aromatic heterocycles. The van der Waals surface area contributed by atoms with Crippen LogP contribution in [-0.2, 0) is 0 Å². The van der Waals surface area contributed by atoms with Crippen molar-refractivity contribution in [3.8, 4) is 0 Å². The summed E-state index contributed by atoms with van der Waals surface area (Å²) in [5, 5.41) is 0.480. The first-order valence-corrected chi connectivity index (χ1v) is 10.7. The molecule has 0 N–H and O–H groups in total. The molecular formula is C25H19BrN2O3. The van der Waals surface area contributed by atoms with Crippen LogP contribution in [0.3, 0.4) is 0 Å². The Balaban J connectivity index is 1.85. The van der Waals surface area contributed by atoms with Crippen molar-refractivity contribution in [3.05, 3.63) is 103 Å². The van der Waals surface area contributed by atoms with Crippen LogP contribution in [0.4, 0.5) is 5.82 Å². The highest BCUT2D eigenvalue weighted by Crippen LogP contribution is 2.41. The van der Waals surface area contributed by atoms with E-state index in [9.17, 15) is 9.59 Å². The number of fused-ring (bicyclic) bond motifs is 2. The van der Waals surface area contributed by atoms with E-state index in [0.717, 1.165) is 26.9 Å². The van der Waals surface area contributed by atoms with Crippen molar-refractivity contribution in [2.45, 2.75) is 26.8 Å². The fourth-order valence-corrected chi connectivity index (χ4v) is 4.54. The fourth-order valence-electron chi connectivity index (χ4n) is 4.12. The van der Waals surface area contributed by atoms with Gasteiger partial charge in [-0.2, -0.15) is 0 Å². The minimum absolute atomic E-state index is 0.0778. The highest BCUT2D eigenvalue weighted by atomic mass is 79.9. The highest BCUT2D eigenvalue weighted by Gasteiger charge is 2.44. The van der Waals surface area contributed by atoms with Gasteiger partial charge in [-0.05, 0) is 73.9 Å². The molecule has 1 amide bonds. The van der Waals surface area contributed by atoms with Gasteiger partial charge < -0.3 is 4.42 Å². The summed E-state index contributed by atoms with van der Waals surface area (Å²) in [6.45, 7) is 5.78. The second kappa shape index (κ2) is 7.17. The molecule has 5 nitrogen and oxygen atoms in total. The van der Waals surface area contributed by atoms with Gasteiger partial charge in [-0.25, -0.2) is 4.98 Å². The molecule has 3 heterocycles. The van der Waals surface area contributed by atoms with E-state index < -0.39 is 6.04 Å². The third-order valence-corrected chi connectivity index (χ3v) is 6.26. The van der Waals surface area contributed by atoms with Crippen molar-refractivity contribution in [2.24, 2.45) is 0 Å². The zero-order valence-corrected chi connectivity index (χ0v) is 18.9. The van der Waals surface area contributed by atoms with Crippen molar-refractivity contribution in [1.29, 1.82) is 0 Å². The van der Waals surface area contributed by atoms with Crippen LogP contribution >= 0.6 is 15.9 Å². The van der Waals surface area contributed by atoms with Gasteiger partial charge in [0.2, 0.25) is 5.76 Å². The molecule has 0 bridgehead atoms. The smallest absolute Gasteiger partial charge is 0.296 e. The Hall–Kier alpha value is -3.25. The monoisotopic (exact) mass is 474 g/mol. The Morgan fingerprint density at radius 3 is 2.45 bits per heavy atom. The third-order valence-electron chi connectivity index (χ3n) is 5.77. The lowest BCUT2D eigenvalue weighted by molar-refractivity contribution is 0.0970. The van der Waals surface area contributed by atoms with Gasteiger partial charge in [-0.3, -0.25) is 14.5 Å². The molecule has 5 rings (SSSR count). The van der Waals surface area contributed by atoms with E-state index in [1.54, 1.807) is 11.0 Å². The molecule has 154 valence electrons. The van der Waals surface area contributed by atoms with Gasteiger partial charge in [0, 0.05) is 10.2 Å². The van der Waals surface area contributed by atoms with E-state index in [1.807, 2.05) is 69.3 Å². The quantitative estimate of drug-likeness (QED) is 0.377. The molecule has 1 aliphatic rings. The van der Waals surface area contributed by atoms with Gasteiger partial charge in [0.25, 0.3) is 5.91 Å². The summed E-state index contributed by atoms with van der Waals surface area (Å²) in [6.07, 6.45) is 0. The summed E-state index contributed by atoms with van der Waals surface area (Å²) < 4.78 is 6.93. The first-order chi connectivity index (χ1) is 14.8. The molecule has 6 heteroatoms. The normalized spacial score (nSPS) is 15.5. The predicted molar refractivity (Wildman–Crippen MR) is 124 cm³/mol. The molecule has 0 saturated carbocycles. The van der Waals surface area contributed by atoms with Crippen LogP contribution in [0.5, 0.6) is 0 Å². The highest BCUT2D eigenvalue weighted by molar-refractivity contribution is 9.10. The number of carbonyl (C=O) groups is 1. The van der Waals surface area contributed by atoms with E-state index in [0.29, 0.717) is 22.4 Å². The molecule has 31 heavy (non-hydrogen) atoms. The van der Waals surface area contributed by atoms with Crippen molar-refractivity contribution >= 4 is 38.6 Å². The maximum absolute atomic E-state index is 13.7. The lowest BCUT2D eigenvalue weighted by Crippen LogP contribution is -2.30. The second-order valence-corrected chi connectivity index (χ2v) is 8.79. The number of hydrogen-bond acceptors (Lipinski definition) is 4. The van der Waals surface area contributed by atoms with Crippen LogP contribution in [0.1, 0.15) is 44.5 Å². The largest absolute Gasteiger partial charge is 0.450 e. The van der Waals surface area contributed by atoms with Crippen LogP contribution < -0.4 is 10.3 Å². The van der Waals surface area contributed by atoms with Crippen LogP contribution in [0.25, 0.3) is 11.0 Å². The molecule has 2 aromatic carbocycles. The fraction of sp³-hybridized carbons (Fsp3) is 0.160. The summed E-state index contributed by atoms with van der Waals surface area (Å²) in [6, 6.07) is 16.2. The number of carbonyl (C=O) groups excluding carboxylic acids is 1. The second-order valence-electron chi connectivity index (χ2n) is 7.88. The van der Waals surface area contributed by atoms with E-state index in [-0.39, 0.29) is 17.1 Å². The first kappa shape index (κ1) is 19.7.